The molecule has 1 aromatic carbocycles. The van der Waals surface area contributed by atoms with Crippen LogP contribution >= 0.6 is 0 Å². The van der Waals surface area contributed by atoms with Gasteiger partial charge in [-0.2, -0.15) is 0 Å². The van der Waals surface area contributed by atoms with Crippen LogP contribution in [0.3, 0.4) is 0 Å². The number of hydrogen-bond donors (Lipinski definition) is 2. The van der Waals surface area contributed by atoms with Crippen LogP contribution in [0.25, 0.3) is 0 Å². The lowest BCUT2D eigenvalue weighted by Gasteiger charge is -2.29. The summed E-state index contributed by atoms with van der Waals surface area (Å²) in [6, 6.07) is 8.70. The van der Waals surface area contributed by atoms with Crippen molar-refractivity contribution in [1.29, 1.82) is 0 Å². The van der Waals surface area contributed by atoms with Gasteiger partial charge in [0.05, 0.1) is 6.04 Å². The Hall–Kier alpha value is -1.35. The summed E-state index contributed by atoms with van der Waals surface area (Å²) in [5.41, 5.74) is 2.63. The third kappa shape index (κ3) is 3.46. The number of rotatable bonds is 2. The van der Waals surface area contributed by atoms with Crippen molar-refractivity contribution in [2.24, 2.45) is 5.92 Å². The standard InChI is InChI=1S/C18H26N2O/c1-13-7-3-2-4-10-16(13)20-18(21)17-11-14-8-5-6-9-15(14)12-19-17/h5-6,8-9,13,16-17,19H,2-4,7,10-12H2,1H3,(H,20,21)/t13?,16?,17-/m1/s1. The van der Waals surface area contributed by atoms with Crippen molar-refractivity contribution in [1.82, 2.24) is 10.6 Å². The number of benzene rings is 1. The van der Waals surface area contributed by atoms with Crippen LogP contribution in [0, 0.1) is 5.92 Å². The number of carbonyl (C=O) groups is 1. The van der Waals surface area contributed by atoms with E-state index in [1.807, 2.05) is 0 Å². The molecule has 2 aliphatic rings. The zero-order chi connectivity index (χ0) is 14.7. The maximum absolute atomic E-state index is 12.6. The van der Waals surface area contributed by atoms with Crippen molar-refractivity contribution in [2.45, 2.75) is 64.1 Å². The molecular formula is C18H26N2O. The van der Waals surface area contributed by atoms with Crippen molar-refractivity contribution in [3.8, 4) is 0 Å². The normalized spacial score (nSPS) is 29.3. The van der Waals surface area contributed by atoms with E-state index < -0.39 is 0 Å². The van der Waals surface area contributed by atoms with Gasteiger partial charge in [0, 0.05) is 12.6 Å². The van der Waals surface area contributed by atoms with Crippen molar-refractivity contribution in [3.05, 3.63) is 35.4 Å². The van der Waals surface area contributed by atoms with Gasteiger partial charge in [-0.3, -0.25) is 4.79 Å². The second-order valence-corrected chi connectivity index (χ2v) is 6.64. The van der Waals surface area contributed by atoms with Gasteiger partial charge in [0.1, 0.15) is 0 Å². The topological polar surface area (TPSA) is 41.1 Å². The van der Waals surface area contributed by atoms with E-state index in [4.69, 9.17) is 0 Å². The van der Waals surface area contributed by atoms with Gasteiger partial charge in [0.2, 0.25) is 5.91 Å². The summed E-state index contributed by atoms with van der Waals surface area (Å²) in [5, 5.41) is 6.69. The molecule has 1 aromatic rings. The lowest BCUT2D eigenvalue weighted by molar-refractivity contribution is -0.124. The number of nitrogens with one attached hydrogen (secondary N) is 2. The fourth-order valence-corrected chi connectivity index (χ4v) is 3.63. The van der Waals surface area contributed by atoms with E-state index >= 15 is 0 Å². The van der Waals surface area contributed by atoms with Crippen LogP contribution in [0.5, 0.6) is 0 Å². The van der Waals surface area contributed by atoms with E-state index in [1.165, 1.54) is 36.8 Å². The quantitative estimate of drug-likeness (QED) is 0.821. The third-order valence-corrected chi connectivity index (χ3v) is 5.09. The zero-order valence-corrected chi connectivity index (χ0v) is 12.9. The maximum atomic E-state index is 12.6. The van der Waals surface area contributed by atoms with Crippen molar-refractivity contribution in [2.75, 3.05) is 0 Å². The highest BCUT2D eigenvalue weighted by Gasteiger charge is 2.27. The molecule has 3 rings (SSSR count). The minimum absolute atomic E-state index is 0.0737. The lowest BCUT2D eigenvalue weighted by atomic mass is 9.93. The zero-order valence-electron chi connectivity index (χ0n) is 12.9. The number of fused-ring (bicyclic) bond motifs is 1. The van der Waals surface area contributed by atoms with Gasteiger partial charge in [-0.05, 0) is 36.3 Å². The number of carbonyl (C=O) groups excluding carboxylic acids is 1. The average molecular weight is 286 g/mol. The molecule has 21 heavy (non-hydrogen) atoms. The Labute approximate surface area is 127 Å². The molecule has 3 nitrogen and oxygen atoms in total. The van der Waals surface area contributed by atoms with Crippen LogP contribution in [-0.2, 0) is 17.8 Å². The predicted molar refractivity (Wildman–Crippen MR) is 85.0 cm³/mol. The summed E-state index contributed by atoms with van der Waals surface area (Å²) >= 11 is 0. The van der Waals surface area contributed by atoms with Gasteiger partial charge in [0.25, 0.3) is 0 Å². The SMILES string of the molecule is CC1CCCCCC1NC(=O)[C@H]1Cc2ccccc2CN1. The van der Waals surface area contributed by atoms with E-state index in [-0.39, 0.29) is 11.9 Å². The summed E-state index contributed by atoms with van der Waals surface area (Å²) < 4.78 is 0. The van der Waals surface area contributed by atoms with Gasteiger partial charge in [-0.1, -0.05) is 50.5 Å². The number of hydrogen-bond acceptors (Lipinski definition) is 2. The first-order valence-electron chi connectivity index (χ1n) is 8.34. The second-order valence-electron chi connectivity index (χ2n) is 6.64. The highest BCUT2D eigenvalue weighted by molar-refractivity contribution is 5.82. The van der Waals surface area contributed by atoms with Gasteiger partial charge >= 0.3 is 0 Å². The fraction of sp³-hybridized carbons (Fsp3) is 0.611. The van der Waals surface area contributed by atoms with Gasteiger partial charge < -0.3 is 10.6 Å². The smallest absolute Gasteiger partial charge is 0.237 e. The van der Waals surface area contributed by atoms with Crippen LogP contribution in [0.4, 0.5) is 0 Å². The third-order valence-electron chi connectivity index (χ3n) is 5.09. The molecule has 0 aromatic heterocycles. The first kappa shape index (κ1) is 14.6. The van der Waals surface area contributed by atoms with Crippen molar-refractivity contribution >= 4 is 5.91 Å². The van der Waals surface area contributed by atoms with E-state index in [0.29, 0.717) is 12.0 Å². The van der Waals surface area contributed by atoms with E-state index in [9.17, 15) is 4.79 Å². The molecule has 114 valence electrons. The summed E-state index contributed by atoms with van der Waals surface area (Å²) in [5.74, 6) is 0.788. The Balaban J connectivity index is 1.61. The van der Waals surface area contributed by atoms with E-state index in [2.05, 4.69) is 41.8 Å². The Bertz CT molecular complexity index is 500. The van der Waals surface area contributed by atoms with E-state index in [1.54, 1.807) is 0 Å². The van der Waals surface area contributed by atoms with Crippen LogP contribution in [-0.4, -0.2) is 18.0 Å². The maximum Gasteiger partial charge on any atom is 0.237 e. The molecule has 0 radical (unpaired) electrons. The first-order chi connectivity index (χ1) is 10.2. The van der Waals surface area contributed by atoms with Crippen LogP contribution in [0.2, 0.25) is 0 Å². The molecule has 2 unspecified atom stereocenters. The Morgan fingerprint density at radius 1 is 1.14 bits per heavy atom. The molecule has 1 amide bonds. The lowest BCUT2D eigenvalue weighted by Crippen LogP contribution is -2.51. The molecule has 2 N–H and O–H groups in total. The molecule has 3 heteroatoms. The molecule has 1 saturated carbocycles. The first-order valence-corrected chi connectivity index (χ1v) is 8.34. The predicted octanol–water partition coefficient (Wildman–Crippen LogP) is 2.79. The highest BCUT2D eigenvalue weighted by Crippen LogP contribution is 2.23. The van der Waals surface area contributed by atoms with Gasteiger partial charge in [-0.15, -0.1) is 0 Å². The van der Waals surface area contributed by atoms with Crippen LogP contribution < -0.4 is 10.6 Å². The molecule has 0 saturated heterocycles. The Morgan fingerprint density at radius 2 is 1.90 bits per heavy atom. The molecule has 1 heterocycles. The van der Waals surface area contributed by atoms with Gasteiger partial charge in [0.15, 0.2) is 0 Å². The molecule has 3 atom stereocenters. The molecule has 1 fully saturated rings. The second kappa shape index (κ2) is 6.61. The Morgan fingerprint density at radius 3 is 2.76 bits per heavy atom. The fourth-order valence-electron chi connectivity index (χ4n) is 3.63. The monoisotopic (exact) mass is 286 g/mol. The highest BCUT2D eigenvalue weighted by atomic mass is 16.2. The van der Waals surface area contributed by atoms with Crippen molar-refractivity contribution < 1.29 is 4.79 Å². The Kier molecular flexibility index (Phi) is 4.59. The summed E-state index contributed by atoms with van der Waals surface area (Å²) in [4.78, 5) is 12.6. The minimum atomic E-state index is -0.0737. The van der Waals surface area contributed by atoms with Crippen molar-refractivity contribution in [3.63, 3.8) is 0 Å². The number of amides is 1. The molecular weight excluding hydrogens is 260 g/mol. The summed E-state index contributed by atoms with van der Waals surface area (Å²) in [7, 11) is 0. The average Bonchev–Trinajstić information content (AvgIpc) is 2.72. The van der Waals surface area contributed by atoms with Gasteiger partial charge in [-0.25, -0.2) is 0 Å². The summed E-state index contributed by atoms with van der Waals surface area (Å²) in [6.45, 7) is 3.08. The molecule has 0 bridgehead atoms. The molecule has 1 aliphatic carbocycles. The minimum Gasteiger partial charge on any atom is -0.352 e. The van der Waals surface area contributed by atoms with E-state index in [0.717, 1.165) is 19.4 Å². The molecule has 1 aliphatic heterocycles. The van der Waals surface area contributed by atoms with Crippen LogP contribution in [0.1, 0.15) is 50.2 Å². The largest absolute Gasteiger partial charge is 0.352 e. The molecule has 0 spiro atoms. The summed E-state index contributed by atoms with van der Waals surface area (Å²) in [6.07, 6.45) is 7.05. The van der Waals surface area contributed by atoms with Crippen LogP contribution in [0.15, 0.2) is 24.3 Å².